The molecule has 0 radical (unpaired) electrons. The van der Waals surface area contributed by atoms with Crippen molar-refractivity contribution in [2.45, 2.75) is 25.4 Å². The molecule has 0 bridgehead atoms. The first-order chi connectivity index (χ1) is 9.69. The Morgan fingerprint density at radius 1 is 1.45 bits per heavy atom. The van der Waals surface area contributed by atoms with Crippen LogP contribution in [0.4, 0.5) is 0 Å². The van der Waals surface area contributed by atoms with Gasteiger partial charge in [0.2, 0.25) is 0 Å². The van der Waals surface area contributed by atoms with Gasteiger partial charge in [-0.05, 0) is 37.9 Å². The second-order valence-electron chi connectivity index (χ2n) is 5.59. The molecule has 3 rings (SSSR count). The summed E-state index contributed by atoms with van der Waals surface area (Å²) < 4.78 is 0. The highest BCUT2D eigenvalue weighted by atomic mass is 16.1. The van der Waals surface area contributed by atoms with E-state index in [2.05, 4.69) is 14.9 Å². The smallest absolute Gasteiger partial charge is 0.271 e. The summed E-state index contributed by atoms with van der Waals surface area (Å²) in [5.74, 6) is 0.685. The number of nitrogens with zero attached hydrogens (tertiary/aromatic N) is 2. The fraction of sp³-hybridized carbons (Fsp3) is 0.467. The van der Waals surface area contributed by atoms with Gasteiger partial charge in [0.25, 0.3) is 5.56 Å². The van der Waals surface area contributed by atoms with Crippen molar-refractivity contribution in [3.8, 4) is 0 Å². The van der Waals surface area contributed by atoms with E-state index in [0.717, 1.165) is 11.0 Å². The van der Waals surface area contributed by atoms with Gasteiger partial charge in [-0.15, -0.1) is 0 Å². The standard InChI is InChI=1S/C15H20N4O/c1-19(14(8-16)10-6-7-10)9-13-15(20)18-12-5-3-2-4-11(12)17-13/h2-5,10,14H,6-9,16H2,1H3,(H,18,20). The lowest BCUT2D eigenvalue weighted by Gasteiger charge is -2.26. The lowest BCUT2D eigenvalue weighted by atomic mass is 10.1. The number of aromatic amines is 1. The number of para-hydroxylation sites is 2. The molecule has 106 valence electrons. The Kier molecular flexibility index (Phi) is 3.54. The molecular formula is C15H20N4O. The summed E-state index contributed by atoms with van der Waals surface area (Å²) in [4.78, 5) is 21.6. The van der Waals surface area contributed by atoms with E-state index in [-0.39, 0.29) is 5.56 Å². The molecule has 2 aromatic rings. The molecule has 1 fully saturated rings. The normalized spacial score (nSPS) is 16.8. The summed E-state index contributed by atoms with van der Waals surface area (Å²) in [6.45, 7) is 1.17. The zero-order valence-electron chi connectivity index (χ0n) is 11.7. The first-order valence-electron chi connectivity index (χ1n) is 7.07. The zero-order valence-corrected chi connectivity index (χ0v) is 11.7. The summed E-state index contributed by atoms with van der Waals surface area (Å²) in [6, 6.07) is 7.94. The number of likely N-dealkylation sites (N-methyl/N-ethyl adjacent to an activating group) is 1. The number of nitrogens with two attached hydrogens (primary N) is 1. The average molecular weight is 272 g/mol. The van der Waals surface area contributed by atoms with Gasteiger partial charge in [-0.3, -0.25) is 9.69 Å². The van der Waals surface area contributed by atoms with Crippen LogP contribution in [0.3, 0.4) is 0 Å². The van der Waals surface area contributed by atoms with Crippen LogP contribution in [0, 0.1) is 5.92 Å². The first-order valence-corrected chi connectivity index (χ1v) is 7.07. The molecule has 1 aromatic heterocycles. The van der Waals surface area contributed by atoms with Gasteiger partial charge in [-0.1, -0.05) is 12.1 Å². The summed E-state index contributed by atoms with van der Waals surface area (Å²) in [5.41, 5.74) is 7.90. The first kappa shape index (κ1) is 13.3. The van der Waals surface area contributed by atoms with Gasteiger partial charge >= 0.3 is 0 Å². The molecule has 1 aromatic carbocycles. The fourth-order valence-corrected chi connectivity index (χ4v) is 2.74. The Balaban J connectivity index is 1.86. The van der Waals surface area contributed by atoms with Crippen molar-refractivity contribution in [3.63, 3.8) is 0 Å². The van der Waals surface area contributed by atoms with E-state index in [1.165, 1.54) is 12.8 Å². The molecule has 0 saturated heterocycles. The van der Waals surface area contributed by atoms with Crippen LogP contribution in [0.5, 0.6) is 0 Å². The van der Waals surface area contributed by atoms with Gasteiger partial charge in [0.1, 0.15) is 5.69 Å². The number of hydrogen-bond acceptors (Lipinski definition) is 4. The van der Waals surface area contributed by atoms with Crippen LogP contribution in [-0.4, -0.2) is 34.5 Å². The minimum Gasteiger partial charge on any atom is -0.329 e. The average Bonchev–Trinajstić information content (AvgIpc) is 3.25. The Labute approximate surface area is 117 Å². The largest absolute Gasteiger partial charge is 0.329 e. The zero-order chi connectivity index (χ0) is 14.1. The van der Waals surface area contributed by atoms with Gasteiger partial charge < -0.3 is 10.7 Å². The quantitative estimate of drug-likeness (QED) is 0.854. The van der Waals surface area contributed by atoms with Gasteiger partial charge in [-0.25, -0.2) is 4.98 Å². The molecule has 0 spiro atoms. The highest BCUT2D eigenvalue weighted by Gasteiger charge is 2.33. The number of aromatic nitrogens is 2. The van der Waals surface area contributed by atoms with Crippen LogP contribution in [0.2, 0.25) is 0 Å². The van der Waals surface area contributed by atoms with Crippen LogP contribution in [0.1, 0.15) is 18.5 Å². The van der Waals surface area contributed by atoms with Crippen molar-refractivity contribution in [2.24, 2.45) is 11.7 Å². The van der Waals surface area contributed by atoms with Gasteiger partial charge in [-0.2, -0.15) is 0 Å². The SMILES string of the molecule is CN(Cc1nc2ccccc2[nH]c1=O)C(CN)C1CC1. The number of rotatable bonds is 5. The molecule has 1 unspecified atom stereocenters. The Bertz CT molecular complexity index is 662. The summed E-state index contributed by atoms with van der Waals surface area (Å²) in [7, 11) is 2.02. The van der Waals surface area contributed by atoms with Crippen molar-refractivity contribution in [2.75, 3.05) is 13.6 Å². The van der Waals surface area contributed by atoms with E-state index in [1.807, 2.05) is 31.3 Å². The van der Waals surface area contributed by atoms with Gasteiger partial charge in [0.15, 0.2) is 0 Å². The molecule has 1 aliphatic rings. The number of hydrogen-bond donors (Lipinski definition) is 2. The van der Waals surface area contributed by atoms with Crippen molar-refractivity contribution < 1.29 is 0 Å². The molecule has 20 heavy (non-hydrogen) atoms. The highest BCUT2D eigenvalue weighted by Crippen LogP contribution is 2.34. The maximum atomic E-state index is 12.1. The van der Waals surface area contributed by atoms with E-state index in [9.17, 15) is 4.79 Å². The second kappa shape index (κ2) is 5.34. The topological polar surface area (TPSA) is 75.0 Å². The highest BCUT2D eigenvalue weighted by molar-refractivity contribution is 5.73. The molecule has 0 aliphatic heterocycles. The second-order valence-corrected chi connectivity index (χ2v) is 5.59. The third-order valence-corrected chi connectivity index (χ3v) is 4.04. The molecular weight excluding hydrogens is 252 g/mol. The third kappa shape index (κ3) is 2.59. The van der Waals surface area contributed by atoms with Crippen molar-refractivity contribution in [3.05, 3.63) is 40.3 Å². The van der Waals surface area contributed by atoms with Crippen molar-refractivity contribution in [1.29, 1.82) is 0 Å². The number of nitrogens with one attached hydrogen (secondary N) is 1. The Hall–Kier alpha value is -1.72. The van der Waals surface area contributed by atoms with E-state index in [4.69, 9.17) is 5.73 Å². The van der Waals surface area contributed by atoms with E-state index < -0.39 is 0 Å². The summed E-state index contributed by atoms with van der Waals surface area (Å²) in [6.07, 6.45) is 2.49. The predicted octanol–water partition coefficient (Wildman–Crippen LogP) is 1.09. The van der Waals surface area contributed by atoms with Crippen molar-refractivity contribution in [1.82, 2.24) is 14.9 Å². The summed E-state index contributed by atoms with van der Waals surface area (Å²) >= 11 is 0. The molecule has 1 aliphatic carbocycles. The van der Waals surface area contributed by atoms with E-state index in [1.54, 1.807) is 0 Å². The lowest BCUT2D eigenvalue weighted by molar-refractivity contribution is 0.212. The van der Waals surface area contributed by atoms with Gasteiger partial charge in [0.05, 0.1) is 11.0 Å². The Morgan fingerprint density at radius 2 is 2.20 bits per heavy atom. The summed E-state index contributed by atoms with van der Waals surface area (Å²) in [5, 5.41) is 0. The molecule has 1 atom stereocenters. The van der Waals surface area contributed by atoms with Crippen LogP contribution in [-0.2, 0) is 6.54 Å². The molecule has 3 N–H and O–H groups in total. The molecule has 1 saturated carbocycles. The van der Waals surface area contributed by atoms with Crippen LogP contribution >= 0.6 is 0 Å². The van der Waals surface area contributed by atoms with Crippen LogP contribution in [0.15, 0.2) is 29.1 Å². The fourth-order valence-electron chi connectivity index (χ4n) is 2.74. The molecule has 1 heterocycles. The Morgan fingerprint density at radius 3 is 2.90 bits per heavy atom. The molecule has 0 amide bonds. The minimum atomic E-state index is -0.109. The number of fused-ring (bicyclic) bond motifs is 1. The van der Waals surface area contributed by atoms with E-state index >= 15 is 0 Å². The number of H-pyrrole nitrogens is 1. The third-order valence-electron chi connectivity index (χ3n) is 4.04. The maximum absolute atomic E-state index is 12.1. The van der Waals surface area contributed by atoms with E-state index in [0.29, 0.717) is 30.7 Å². The lowest BCUT2D eigenvalue weighted by Crippen LogP contribution is -2.40. The van der Waals surface area contributed by atoms with Crippen LogP contribution < -0.4 is 11.3 Å². The van der Waals surface area contributed by atoms with Gasteiger partial charge in [0, 0.05) is 19.1 Å². The number of benzene rings is 1. The minimum absolute atomic E-state index is 0.109. The monoisotopic (exact) mass is 272 g/mol. The van der Waals surface area contributed by atoms with Crippen LogP contribution in [0.25, 0.3) is 11.0 Å². The molecule has 5 nitrogen and oxygen atoms in total. The molecule has 5 heteroatoms. The predicted molar refractivity (Wildman–Crippen MR) is 79.4 cm³/mol. The maximum Gasteiger partial charge on any atom is 0.271 e. The van der Waals surface area contributed by atoms with Crippen molar-refractivity contribution >= 4 is 11.0 Å².